The first-order valence-electron chi connectivity index (χ1n) is 9.59. The number of thioether (sulfide) groups is 1. The van der Waals surface area contributed by atoms with E-state index in [2.05, 4.69) is 34.2 Å². The second-order valence-electron chi connectivity index (χ2n) is 7.05. The SMILES string of the molecule is CC[C@H](c1nnc(S[C@H](C(=O)O)c2ccccc2)n1Cc1ccccc1)N(C)C. The van der Waals surface area contributed by atoms with Crippen LogP contribution in [0.25, 0.3) is 0 Å². The van der Waals surface area contributed by atoms with Gasteiger partial charge in [-0.05, 0) is 31.6 Å². The van der Waals surface area contributed by atoms with Gasteiger partial charge in [0.25, 0.3) is 0 Å². The van der Waals surface area contributed by atoms with Crippen LogP contribution in [0.5, 0.6) is 0 Å². The number of aromatic nitrogens is 3. The zero-order valence-electron chi connectivity index (χ0n) is 16.9. The molecule has 6 nitrogen and oxygen atoms in total. The van der Waals surface area contributed by atoms with Gasteiger partial charge in [0.1, 0.15) is 5.25 Å². The van der Waals surface area contributed by atoms with Crippen molar-refractivity contribution in [1.82, 2.24) is 19.7 Å². The molecule has 3 rings (SSSR count). The molecule has 0 fully saturated rings. The monoisotopic (exact) mass is 410 g/mol. The maximum atomic E-state index is 12.0. The standard InChI is InChI=1S/C22H26N4O2S/c1-4-18(25(2)3)20-23-24-22(26(20)15-16-11-7-5-8-12-16)29-19(21(27)28)17-13-9-6-10-14-17/h5-14,18-19H,4,15H2,1-3H3,(H,27,28)/t18-,19+/m1/s1. The molecule has 0 unspecified atom stereocenters. The van der Waals surface area contributed by atoms with Crippen molar-refractivity contribution in [2.75, 3.05) is 14.1 Å². The number of carboxylic acid groups (broad SMARTS) is 1. The molecule has 0 amide bonds. The van der Waals surface area contributed by atoms with Gasteiger partial charge in [-0.1, -0.05) is 79.3 Å². The summed E-state index contributed by atoms with van der Waals surface area (Å²) in [6, 6.07) is 19.4. The molecule has 7 heteroatoms. The van der Waals surface area contributed by atoms with E-state index in [1.165, 1.54) is 11.8 Å². The van der Waals surface area contributed by atoms with E-state index in [1.807, 2.05) is 67.2 Å². The summed E-state index contributed by atoms with van der Waals surface area (Å²) in [6.45, 7) is 2.71. The Morgan fingerprint density at radius 2 is 1.69 bits per heavy atom. The van der Waals surface area contributed by atoms with Crippen molar-refractivity contribution in [2.45, 2.75) is 36.3 Å². The second-order valence-corrected chi connectivity index (χ2v) is 8.12. The van der Waals surface area contributed by atoms with Gasteiger partial charge >= 0.3 is 5.97 Å². The Morgan fingerprint density at radius 1 is 1.07 bits per heavy atom. The largest absolute Gasteiger partial charge is 0.480 e. The molecule has 1 aromatic heterocycles. The quantitative estimate of drug-likeness (QED) is 0.532. The lowest BCUT2D eigenvalue weighted by Gasteiger charge is -2.23. The third-order valence-electron chi connectivity index (χ3n) is 4.79. The zero-order chi connectivity index (χ0) is 20.8. The van der Waals surface area contributed by atoms with Crippen LogP contribution in [0.15, 0.2) is 65.8 Å². The highest BCUT2D eigenvalue weighted by molar-refractivity contribution is 8.00. The van der Waals surface area contributed by atoms with Crippen molar-refractivity contribution in [1.29, 1.82) is 0 Å². The molecule has 29 heavy (non-hydrogen) atoms. The van der Waals surface area contributed by atoms with E-state index in [0.717, 1.165) is 23.4 Å². The van der Waals surface area contributed by atoms with E-state index in [9.17, 15) is 9.90 Å². The van der Waals surface area contributed by atoms with Gasteiger partial charge in [0, 0.05) is 0 Å². The minimum atomic E-state index is -0.892. The van der Waals surface area contributed by atoms with Crippen molar-refractivity contribution in [2.24, 2.45) is 0 Å². The Labute approximate surface area is 175 Å². The lowest BCUT2D eigenvalue weighted by molar-refractivity contribution is -0.136. The Hall–Kier alpha value is -2.64. The molecule has 0 aliphatic rings. The van der Waals surface area contributed by atoms with Gasteiger partial charge in [-0.3, -0.25) is 9.69 Å². The van der Waals surface area contributed by atoms with Gasteiger partial charge in [0.2, 0.25) is 0 Å². The maximum Gasteiger partial charge on any atom is 0.321 e. The summed E-state index contributed by atoms with van der Waals surface area (Å²) in [6.07, 6.45) is 0.881. The Kier molecular flexibility index (Phi) is 7.06. The summed E-state index contributed by atoms with van der Waals surface area (Å²) in [5.74, 6) is -0.0438. The molecule has 0 aliphatic heterocycles. The van der Waals surface area contributed by atoms with Crippen molar-refractivity contribution >= 4 is 17.7 Å². The van der Waals surface area contributed by atoms with Crippen molar-refractivity contribution < 1.29 is 9.90 Å². The third-order valence-corrected chi connectivity index (χ3v) is 6.01. The van der Waals surface area contributed by atoms with Crippen LogP contribution < -0.4 is 0 Å². The Balaban J connectivity index is 2.01. The molecular formula is C22H26N4O2S. The fourth-order valence-corrected chi connectivity index (χ4v) is 4.30. The number of carbonyl (C=O) groups is 1. The van der Waals surface area contributed by atoms with E-state index < -0.39 is 11.2 Å². The van der Waals surface area contributed by atoms with Crippen LogP contribution in [0.1, 0.15) is 41.6 Å². The fourth-order valence-electron chi connectivity index (χ4n) is 3.32. The molecule has 1 N–H and O–H groups in total. The molecule has 152 valence electrons. The van der Waals surface area contributed by atoms with Crippen LogP contribution in [0.2, 0.25) is 0 Å². The zero-order valence-corrected chi connectivity index (χ0v) is 17.7. The van der Waals surface area contributed by atoms with Gasteiger partial charge in [-0.15, -0.1) is 10.2 Å². The number of nitrogens with zero attached hydrogens (tertiary/aromatic N) is 4. The first-order chi connectivity index (χ1) is 14.0. The Bertz CT molecular complexity index is 929. The van der Waals surface area contributed by atoms with Crippen molar-refractivity contribution in [3.05, 3.63) is 77.6 Å². The summed E-state index contributed by atoms with van der Waals surface area (Å²) in [4.78, 5) is 14.1. The van der Waals surface area contributed by atoms with Crippen LogP contribution in [-0.2, 0) is 11.3 Å². The number of aliphatic carboxylic acids is 1. The van der Waals surface area contributed by atoms with Gasteiger partial charge < -0.3 is 9.67 Å². The lowest BCUT2D eigenvalue weighted by Crippen LogP contribution is -2.23. The number of rotatable bonds is 9. The van der Waals surface area contributed by atoms with Crippen LogP contribution >= 0.6 is 11.8 Å². The average Bonchev–Trinajstić information content (AvgIpc) is 3.09. The molecule has 0 saturated carbocycles. The average molecular weight is 411 g/mol. The molecule has 3 aromatic rings. The number of carboxylic acids is 1. The lowest BCUT2D eigenvalue weighted by atomic mass is 10.1. The van der Waals surface area contributed by atoms with Crippen LogP contribution in [0.3, 0.4) is 0 Å². The van der Waals surface area contributed by atoms with Gasteiger partial charge in [0.15, 0.2) is 11.0 Å². The van der Waals surface area contributed by atoms with Crippen LogP contribution in [0.4, 0.5) is 0 Å². The van der Waals surface area contributed by atoms with Crippen molar-refractivity contribution in [3.8, 4) is 0 Å². The third kappa shape index (κ3) is 5.05. The summed E-state index contributed by atoms with van der Waals surface area (Å²) in [5, 5.41) is 18.6. The van der Waals surface area contributed by atoms with Gasteiger partial charge in [-0.2, -0.15) is 0 Å². The minimum absolute atomic E-state index is 0.0977. The normalized spacial score (nSPS) is 13.4. The number of hydrogen-bond donors (Lipinski definition) is 1. The Morgan fingerprint density at radius 3 is 2.24 bits per heavy atom. The molecule has 0 saturated heterocycles. The van der Waals surface area contributed by atoms with E-state index in [4.69, 9.17) is 0 Å². The molecule has 0 spiro atoms. The van der Waals surface area contributed by atoms with E-state index >= 15 is 0 Å². The maximum absolute atomic E-state index is 12.0. The summed E-state index contributed by atoms with van der Waals surface area (Å²) < 4.78 is 2.05. The molecular weight excluding hydrogens is 384 g/mol. The predicted octanol–water partition coefficient (Wildman–Crippen LogP) is 4.26. The van der Waals surface area contributed by atoms with E-state index in [0.29, 0.717) is 11.7 Å². The predicted molar refractivity (Wildman–Crippen MR) is 115 cm³/mol. The summed E-state index contributed by atoms with van der Waals surface area (Å²) >= 11 is 1.23. The van der Waals surface area contributed by atoms with Crippen LogP contribution in [-0.4, -0.2) is 44.8 Å². The topological polar surface area (TPSA) is 71.2 Å². The molecule has 0 aliphatic carbocycles. The summed E-state index contributed by atoms with van der Waals surface area (Å²) in [7, 11) is 4.04. The minimum Gasteiger partial charge on any atom is -0.480 e. The fraction of sp³-hybridized carbons (Fsp3) is 0.318. The molecule has 0 radical (unpaired) electrons. The van der Waals surface area contributed by atoms with Crippen molar-refractivity contribution in [3.63, 3.8) is 0 Å². The van der Waals surface area contributed by atoms with Gasteiger partial charge in [-0.25, -0.2) is 0 Å². The number of benzene rings is 2. The van der Waals surface area contributed by atoms with E-state index in [1.54, 1.807) is 0 Å². The molecule has 0 bridgehead atoms. The molecule has 2 atom stereocenters. The highest BCUT2D eigenvalue weighted by atomic mass is 32.2. The van der Waals surface area contributed by atoms with E-state index in [-0.39, 0.29) is 6.04 Å². The first kappa shape index (κ1) is 21.1. The smallest absolute Gasteiger partial charge is 0.321 e. The second kappa shape index (κ2) is 9.71. The first-order valence-corrected chi connectivity index (χ1v) is 10.5. The van der Waals surface area contributed by atoms with Gasteiger partial charge in [0.05, 0.1) is 12.6 Å². The molecule has 1 heterocycles. The molecule has 2 aromatic carbocycles. The highest BCUT2D eigenvalue weighted by Crippen LogP contribution is 2.36. The summed E-state index contributed by atoms with van der Waals surface area (Å²) in [5.41, 5.74) is 1.86. The number of hydrogen-bond acceptors (Lipinski definition) is 5. The van der Waals surface area contributed by atoms with Crippen LogP contribution in [0, 0.1) is 0 Å². The highest BCUT2D eigenvalue weighted by Gasteiger charge is 2.27.